The fourth-order valence-electron chi connectivity index (χ4n) is 3.33. The number of rotatable bonds is 3. The number of nitrogens with zero attached hydrogens (tertiary/aromatic N) is 1. The highest BCUT2D eigenvalue weighted by Gasteiger charge is 2.28. The number of carbonyl (C=O) groups excluding carboxylic acids is 1. The van der Waals surface area contributed by atoms with Gasteiger partial charge in [-0.25, -0.2) is 9.78 Å². The third-order valence-corrected chi connectivity index (χ3v) is 4.50. The SMILES string of the molecule is C#Cc1ccnc(NC(=O)OCC2c3ccccc3-c3ccccc32)c1. The highest BCUT2D eigenvalue weighted by molar-refractivity contribution is 5.84. The summed E-state index contributed by atoms with van der Waals surface area (Å²) in [4.78, 5) is 16.2. The summed E-state index contributed by atoms with van der Waals surface area (Å²) in [6, 6.07) is 19.8. The number of aromatic nitrogens is 1. The first kappa shape index (κ1) is 15.9. The molecule has 0 atom stereocenters. The predicted molar refractivity (Wildman–Crippen MR) is 101 cm³/mol. The maximum absolute atomic E-state index is 12.2. The maximum Gasteiger partial charge on any atom is 0.412 e. The summed E-state index contributed by atoms with van der Waals surface area (Å²) in [7, 11) is 0. The monoisotopic (exact) mass is 340 g/mol. The van der Waals surface area contributed by atoms with Crippen molar-refractivity contribution >= 4 is 11.9 Å². The Morgan fingerprint density at radius 2 is 1.73 bits per heavy atom. The molecule has 3 aromatic rings. The summed E-state index contributed by atoms with van der Waals surface area (Å²) in [5.41, 5.74) is 5.39. The number of hydrogen-bond donors (Lipinski definition) is 1. The summed E-state index contributed by atoms with van der Waals surface area (Å²) in [5.74, 6) is 2.91. The second-order valence-corrected chi connectivity index (χ2v) is 6.02. The van der Waals surface area contributed by atoms with Gasteiger partial charge in [0.15, 0.2) is 0 Å². The van der Waals surface area contributed by atoms with Crippen LogP contribution in [0.5, 0.6) is 0 Å². The van der Waals surface area contributed by atoms with E-state index in [-0.39, 0.29) is 12.5 Å². The van der Waals surface area contributed by atoms with Crippen LogP contribution in [0.3, 0.4) is 0 Å². The molecule has 4 heteroatoms. The van der Waals surface area contributed by atoms with Crippen molar-refractivity contribution in [1.29, 1.82) is 0 Å². The number of hydrogen-bond acceptors (Lipinski definition) is 3. The zero-order valence-corrected chi connectivity index (χ0v) is 14.0. The topological polar surface area (TPSA) is 51.2 Å². The molecule has 1 heterocycles. The Labute approximate surface area is 151 Å². The van der Waals surface area contributed by atoms with Gasteiger partial charge in [0, 0.05) is 17.7 Å². The van der Waals surface area contributed by atoms with Crippen molar-refractivity contribution in [2.45, 2.75) is 5.92 Å². The summed E-state index contributed by atoms with van der Waals surface area (Å²) < 4.78 is 5.48. The maximum atomic E-state index is 12.2. The number of benzene rings is 2. The van der Waals surface area contributed by atoms with Gasteiger partial charge in [0.2, 0.25) is 0 Å². The van der Waals surface area contributed by atoms with E-state index in [1.165, 1.54) is 22.3 Å². The van der Waals surface area contributed by atoms with Gasteiger partial charge in [-0.05, 0) is 34.4 Å². The lowest BCUT2D eigenvalue weighted by molar-refractivity contribution is 0.158. The molecule has 1 aliphatic carbocycles. The molecular formula is C22H16N2O2. The van der Waals surface area contributed by atoms with Crippen LogP contribution in [0, 0.1) is 12.3 Å². The Morgan fingerprint density at radius 1 is 1.08 bits per heavy atom. The van der Waals surface area contributed by atoms with Gasteiger partial charge >= 0.3 is 6.09 Å². The third-order valence-electron chi connectivity index (χ3n) is 4.50. The van der Waals surface area contributed by atoms with Crippen LogP contribution in [0.15, 0.2) is 66.9 Å². The van der Waals surface area contributed by atoms with Gasteiger partial charge in [0.25, 0.3) is 0 Å². The van der Waals surface area contributed by atoms with E-state index in [9.17, 15) is 4.79 Å². The number of pyridine rings is 1. The summed E-state index contributed by atoms with van der Waals surface area (Å²) >= 11 is 0. The summed E-state index contributed by atoms with van der Waals surface area (Å²) in [5, 5.41) is 2.62. The molecule has 4 rings (SSSR count). The lowest BCUT2D eigenvalue weighted by Gasteiger charge is -2.14. The van der Waals surface area contributed by atoms with Crippen LogP contribution in [0.25, 0.3) is 11.1 Å². The van der Waals surface area contributed by atoms with E-state index in [2.05, 4.69) is 40.5 Å². The summed E-state index contributed by atoms with van der Waals surface area (Å²) in [6.45, 7) is 0.259. The van der Waals surface area contributed by atoms with Crippen molar-refractivity contribution in [2.75, 3.05) is 11.9 Å². The molecule has 2 aromatic carbocycles. The first-order chi connectivity index (χ1) is 12.8. The molecule has 1 N–H and O–H groups in total. The van der Waals surface area contributed by atoms with E-state index < -0.39 is 6.09 Å². The molecule has 0 unspecified atom stereocenters. The van der Waals surface area contributed by atoms with Crippen molar-refractivity contribution in [3.63, 3.8) is 0 Å². The van der Waals surface area contributed by atoms with Crippen LogP contribution >= 0.6 is 0 Å². The molecule has 0 radical (unpaired) electrons. The lowest BCUT2D eigenvalue weighted by Crippen LogP contribution is -2.18. The molecule has 0 saturated heterocycles. The molecule has 1 aromatic heterocycles. The Kier molecular flexibility index (Phi) is 4.12. The number of carbonyl (C=O) groups is 1. The van der Waals surface area contributed by atoms with Gasteiger partial charge < -0.3 is 4.74 Å². The smallest absolute Gasteiger partial charge is 0.412 e. The highest BCUT2D eigenvalue weighted by Crippen LogP contribution is 2.44. The van der Waals surface area contributed by atoms with Crippen molar-refractivity contribution < 1.29 is 9.53 Å². The standard InChI is InChI=1S/C22H16N2O2/c1-2-15-11-12-23-21(13-15)24-22(25)26-14-20-18-9-5-3-7-16(18)17-8-4-6-10-19(17)20/h1,3-13,20H,14H2,(H,23,24,25). The number of fused-ring (bicyclic) bond motifs is 3. The van der Waals surface area contributed by atoms with E-state index in [1.54, 1.807) is 18.3 Å². The zero-order valence-electron chi connectivity index (χ0n) is 14.0. The summed E-state index contributed by atoms with van der Waals surface area (Å²) in [6.07, 6.45) is 6.36. The van der Waals surface area contributed by atoms with E-state index >= 15 is 0 Å². The van der Waals surface area contributed by atoms with Crippen LogP contribution in [0.1, 0.15) is 22.6 Å². The Balaban J connectivity index is 1.49. The normalized spacial score (nSPS) is 12.0. The molecular weight excluding hydrogens is 324 g/mol. The molecule has 1 aliphatic rings. The molecule has 0 spiro atoms. The van der Waals surface area contributed by atoms with Crippen molar-refractivity contribution in [1.82, 2.24) is 4.98 Å². The van der Waals surface area contributed by atoms with Gasteiger partial charge in [-0.2, -0.15) is 0 Å². The number of nitrogens with one attached hydrogen (secondary N) is 1. The van der Waals surface area contributed by atoms with E-state index in [4.69, 9.17) is 11.2 Å². The molecule has 0 bridgehead atoms. The molecule has 26 heavy (non-hydrogen) atoms. The number of ether oxygens (including phenoxy) is 1. The molecule has 0 aliphatic heterocycles. The third kappa shape index (κ3) is 2.91. The molecule has 1 amide bonds. The number of amides is 1. The minimum Gasteiger partial charge on any atom is -0.448 e. The quantitative estimate of drug-likeness (QED) is 0.718. The van der Waals surface area contributed by atoms with Gasteiger partial charge in [-0.3, -0.25) is 5.32 Å². The first-order valence-electron chi connectivity index (χ1n) is 8.31. The van der Waals surface area contributed by atoms with Crippen LogP contribution in [-0.2, 0) is 4.74 Å². The fourth-order valence-corrected chi connectivity index (χ4v) is 3.33. The lowest BCUT2D eigenvalue weighted by atomic mass is 9.98. The second kappa shape index (κ2) is 6.73. The van der Waals surface area contributed by atoms with E-state index in [0.29, 0.717) is 11.4 Å². The second-order valence-electron chi connectivity index (χ2n) is 6.02. The molecule has 4 nitrogen and oxygen atoms in total. The minimum absolute atomic E-state index is 0.0261. The van der Waals surface area contributed by atoms with Gasteiger partial charge in [0.05, 0.1) is 0 Å². The van der Waals surface area contributed by atoms with Gasteiger partial charge in [-0.15, -0.1) is 6.42 Å². The Morgan fingerprint density at radius 3 is 2.38 bits per heavy atom. The Hall–Kier alpha value is -3.58. The van der Waals surface area contributed by atoms with Gasteiger partial charge in [-0.1, -0.05) is 54.5 Å². The first-order valence-corrected chi connectivity index (χ1v) is 8.31. The van der Waals surface area contributed by atoms with Gasteiger partial charge in [0.1, 0.15) is 12.4 Å². The largest absolute Gasteiger partial charge is 0.448 e. The van der Waals surface area contributed by atoms with Crippen LogP contribution in [-0.4, -0.2) is 17.7 Å². The fraction of sp³-hybridized carbons (Fsp3) is 0.0909. The molecule has 126 valence electrons. The molecule has 0 fully saturated rings. The Bertz CT molecular complexity index is 975. The average molecular weight is 340 g/mol. The van der Waals surface area contributed by atoms with Crippen LogP contribution in [0.4, 0.5) is 10.6 Å². The van der Waals surface area contributed by atoms with Crippen LogP contribution in [0.2, 0.25) is 0 Å². The van der Waals surface area contributed by atoms with E-state index in [1.807, 2.05) is 24.3 Å². The highest BCUT2D eigenvalue weighted by atomic mass is 16.5. The average Bonchev–Trinajstić information content (AvgIpc) is 3.00. The van der Waals surface area contributed by atoms with Crippen LogP contribution < -0.4 is 5.32 Å². The van der Waals surface area contributed by atoms with Crippen molar-refractivity contribution in [3.8, 4) is 23.5 Å². The van der Waals surface area contributed by atoms with Crippen molar-refractivity contribution in [3.05, 3.63) is 83.6 Å². The van der Waals surface area contributed by atoms with Crippen molar-refractivity contribution in [2.24, 2.45) is 0 Å². The predicted octanol–water partition coefficient (Wildman–Crippen LogP) is 4.42. The minimum atomic E-state index is -0.548. The number of anilines is 1. The molecule has 0 saturated carbocycles. The number of terminal acetylenes is 1. The zero-order chi connectivity index (χ0) is 17.9. The van der Waals surface area contributed by atoms with E-state index in [0.717, 1.165) is 0 Å².